The lowest BCUT2D eigenvalue weighted by Crippen LogP contribution is -2.58. The zero-order chi connectivity index (χ0) is 15.6. The molecule has 2 aliphatic heterocycles. The standard InChI is InChI=1S/C18H26N2O2/c1-14-6-3-4-7-15(14)11-20-13-18(2,22-12-17(20)21)16-8-5-9-19-10-16/h3-4,6-7,16,19H,5,8-13H2,1-2H3. The highest BCUT2D eigenvalue weighted by Crippen LogP contribution is 2.32. The molecular weight excluding hydrogens is 276 g/mol. The Hall–Kier alpha value is -1.39. The summed E-state index contributed by atoms with van der Waals surface area (Å²) in [5, 5.41) is 3.46. The predicted octanol–water partition coefficient (Wildman–Crippen LogP) is 2.11. The summed E-state index contributed by atoms with van der Waals surface area (Å²) in [7, 11) is 0. The SMILES string of the molecule is Cc1ccccc1CN1CC(C)(C2CCCNC2)OCC1=O. The number of rotatable bonds is 3. The summed E-state index contributed by atoms with van der Waals surface area (Å²) in [6.45, 7) is 7.93. The van der Waals surface area contributed by atoms with Crippen molar-refractivity contribution in [3.63, 3.8) is 0 Å². The van der Waals surface area contributed by atoms with E-state index in [1.54, 1.807) is 0 Å². The average molecular weight is 302 g/mol. The van der Waals surface area contributed by atoms with Crippen LogP contribution in [-0.4, -0.2) is 42.6 Å². The Bertz CT molecular complexity index is 540. The Morgan fingerprint density at radius 1 is 1.41 bits per heavy atom. The number of morpholine rings is 1. The van der Waals surface area contributed by atoms with Gasteiger partial charge in [-0.25, -0.2) is 0 Å². The third-order valence-electron chi connectivity index (χ3n) is 5.17. The summed E-state index contributed by atoms with van der Waals surface area (Å²) in [5.41, 5.74) is 2.23. The number of carbonyl (C=O) groups is 1. The van der Waals surface area contributed by atoms with Crippen LogP contribution < -0.4 is 5.32 Å². The van der Waals surface area contributed by atoms with Gasteiger partial charge in [0.25, 0.3) is 0 Å². The molecule has 0 saturated carbocycles. The Morgan fingerprint density at radius 3 is 2.95 bits per heavy atom. The predicted molar refractivity (Wildman–Crippen MR) is 86.5 cm³/mol. The lowest BCUT2D eigenvalue weighted by Gasteiger charge is -2.46. The van der Waals surface area contributed by atoms with Gasteiger partial charge in [0.05, 0.1) is 12.1 Å². The minimum Gasteiger partial charge on any atom is -0.363 e. The van der Waals surface area contributed by atoms with E-state index >= 15 is 0 Å². The monoisotopic (exact) mass is 302 g/mol. The van der Waals surface area contributed by atoms with E-state index in [0.29, 0.717) is 19.0 Å². The molecular formula is C18H26N2O2. The number of piperidine rings is 1. The minimum absolute atomic E-state index is 0.101. The van der Waals surface area contributed by atoms with Crippen LogP contribution in [0.5, 0.6) is 0 Å². The normalized spacial score (nSPS) is 29.6. The van der Waals surface area contributed by atoms with Gasteiger partial charge >= 0.3 is 0 Å². The van der Waals surface area contributed by atoms with E-state index in [1.165, 1.54) is 24.0 Å². The van der Waals surface area contributed by atoms with E-state index in [1.807, 2.05) is 17.0 Å². The highest BCUT2D eigenvalue weighted by molar-refractivity contribution is 5.78. The van der Waals surface area contributed by atoms with Crippen molar-refractivity contribution in [1.82, 2.24) is 10.2 Å². The molecule has 1 N–H and O–H groups in total. The molecule has 0 aromatic heterocycles. The number of nitrogens with zero attached hydrogens (tertiary/aromatic N) is 1. The number of benzene rings is 1. The van der Waals surface area contributed by atoms with Crippen molar-refractivity contribution in [2.75, 3.05) is 26.2 Å². The number of carbonyl (C=O) groups excluding carboxylic acids is 1. The molecule has 2 unspecified atom stereocenters. The summed E-state index contributed by atoms with van der Waals surface area (Å²) in [5.74, 6) is 0.582. The van der Waals surface area contributed by atoms with Crippen LogP contribution in [0.3, 0.4) is 0 Å². The second kappa shape index (κ2) is 6.39. The molecule has 2 aliphatic rings. The molecule has 4 nitrogen and oxygen atoms in total. The van der Waals surface area contributed by atoms with Crippen LogP contribution in [0.1, 0.15) is 30.9 Å². The Labute approximate surface area is 132 Å². The fraction of sp³-hybridized carbons (Fsp3) is 0.611. The van der Waals surface area contributed by atoms with E-state index in [0.717, 1.165) is 13.1 Å². The van der Waals surface area contributed by atoms with Crippen molar-refractivity contribution in [2.45, 2.75) is 38.8 Å². The Morgan fingerprint density at radius 2 is 2.23 bits per heavy atom. The van der Waals surface area contributed by atoms with E-state index < -0.39 is 0 Å². The van der Waals surface area contributed by atoms with Gasteiger partial charge in [-0.05, 0) is 44.4 Å². The molecule has 2 atom stereocenters. The number of aryl methyl sites for hydroxylation is 1. The molecule has 2 heterocycles. The molecule has 1 aromatic carbocycles. The average Bonchev–Trinajstić information content (AvgIpc) is 2.54. The summed E-state index contributed by atoms with van der Waals surface area (Å²) in [4.78, 5) is 14.2. The molecule has 1 aromatic rings. The molecule has 3 rings (SSSR count). The van der Waals surface area contributed by atoms with Crippen LogP contribution >= 0.6 is 0 Å². The van der Waals surface area contributed by atoms with Crippen molar-refractivity contribution >= 4 is 5.91 Å². The molecule has 22 heavy (non-hydrogen) atoms. The summed E-state index contributed by atoms with van der Waals surface area (Å²) in [6, 6.07) is 8.29. The van der Waals surface area contributed by atoms with E-state index in [9.17, 15) is 4.79 Å². The molecule has 1 amide bonds. The lowest BCUT2D eigenvalue weighted by molar-refractivity contribution is -0.172. The first-order valence-electron chi connectivity index (χ1n) is 8.25. The molecule has 0 radical (unpaired) electrons. The number of ether oxygens (including phenoxy) is 1. The smallest absolute Gasteiger partial charge is 0.248 e. The van der Waals surface area contributed by atoms with Crippen LogP contribution in [0.15, 0.2) is 24.3 Å². The number of hydrogen-bond donors (Lipinski definition) is 1. The zero-order valence-corrected chi connectivity index (χ0v) is 13.6. The van der Waals surface area contributed by atoms with Gasteiger partial charge in [0.2, 0.25) is 5.91 Å². The van der Waals surface area contributed by atoms with Gasteiger partial charge in [-0.3, -0.25) is 4.79 Å². The van der Waals surface area contributed by atoms with E-state index in [2.05, 4.69) is 31.3 Å². The molecule has 2 saturated heterocycles. The van der Waals surface area contributed by atoms with Crippen molar-refractivity contribution in [3.8, 4) is 0 Å². The maximum Gasteiger partial charge on any atom is 0.248 e. The van der Waals surface area contributed by atoms with Crippen LogP contribution in [0.4, 0.5) is 0 Å². The quantitative estimate of drug-likeness (QED) is 0.930. The highest BCUT2D eigenvalue weighted by Gasteiger charge is 2.42. The zero-order valence-electron chi connectivity index (χ0n) is 13.6. The van der Waals surface area contributed by atoms with Crippen molar-refractivity contribution in [1.29, 1.82) is 0 Å². The Balaban J connectivity index is 1.73. The molecule has 120 valence electrons. The second-order valence-electron chi connectivity index (χ2n) is 6.82. The van der Waals surface area contributed by atoms with Crippen LogP contribution in [0.25, 0.3) is 0 Å². The molecule has 0 spiro atoms. The lowest BCUT2D eigenvalue weighted by atomic mass is 9.82. The second-order valence-corrected chi connectivity index (χ2v) is 6.82. The van der Waals surface area contributed by atoms with Crippen molar-refractivity contribution < 1.29 is 9.53 Å². The first kappa shape index (κ1) is 15.5. The van der Waals surface area contributed by atoms with Crippen molar-refractivity contribution in [3.05, 3.63) is 35.4 Å². The fourth-order valence-corrected chi connectivity index (χ4v) is 3.59. The number of hydrogen-bond acceptors (Lipinski definition) is 3. The van der Waals surface area contributed by atoms with Crippen molar-refractivity contribution in [2.24, 2.45) is 5.92 Å². The van der Waals surface area contributed by atoms with Crippen LogP contribution in [-0.2, 0) is 16.1 Å². The third kappa shape index (κ3) is 3.18. The van der Waals surface area contributed by atoms with Gasteiger partial charge in [0.15, 0.2) is 0 Å². The number of nitrogens with one attached hydrogen (secondary N) is 1. The maximum absolute atomic E-state index is 12.3. The van der Waals surface area contributed by atoms with Gasteiger partial charge in [-0.1, -0.05) is 24.3 Å². The number of amides is 1. The maximum atomic E-state index is 12.3. The van der Waals surface area contributed by atoms with Gasteiger partial charge in [0, 0.05) is 19.0 Å². The van der Waals surface area contributed by atoms with Gasteiger partial charge in [-0.2, -0.15) is 0 Å². The topological polar surface area (TPSA) is 41.6 Å². The van der Waals surface area contributed by atoms with Crippen LogP contribution in [0, 0.1) is 12.8 Å². The fourth-order valence-electron chi connectivity index (χ4n) is 3.59. The molecule has 0 bridgehead atoms. The first-order chi connectivity index (χ1) is 10.6. The van der Waals surface area contributed by atoms with Gasteiger partial charge < -0.3 is 15.0 Å². The molecule has 4 heteroatoms. The Kier molecular flexibility index (Phi) is 4.50. The van der Waals surface area contributed by atoms with Gasteiger partial charge in [-0.15, -0.1) is 0 Å². The summed E-state index contributed by atoms with van der Waals surface area (Å²) in [6.07, 6.45) is 2.37. The highest BCUT2D eigenvalue weighted by atomic mass is 16.5. The van der Waals surface area contributed by atoms with Gasteiger partial charge in [0.1, 0.15) is 6.61 Å². The molecule has 2 fully saturated rings. The largest absolute Gasteiger partial charge is 0.363 e. The van der Waals surface area contributed by atoms with E-state index in [-0.39, 0.29) is 18.1 Å². The first-order valence-corrected chi connectivity index (χ1v) is 8.25. The minimum atomic E-state index is -0.232. The molecule has 0 aliphatic carbocycles. The van der Waals surface area contributed by atoms with Crippen LogP contribution in [0.2, 0.25) is 0 Å². The summed E-state index contributed by atoms with van der Waals surface area (Å²) < 4.78 is 5.98. The summed E-state index contributed by atoms with van der Waals surface area (Å²) >= 11 is 0. The van der Waals surface area contributed by atoms with E-state index in [4.69, 9.17) is 4.74 Å². The third-order valence-corrected chi connectivity index (χ3v) is 5.17.